The summed E-state index contributed by atoms with van der Waals surface area (Å²) < 4.78 is 7.54. The molecule has 8 nitrogen and oxygen atoms in total. The van der Waals surface area contributed by atoms with E-state index in [9.17, 15) is 4.79 Å². The van der Waals surface area contributed by atoms with E-state index in [0.29, 0.717) is 33.1 Å². The van der Waals surface area contributed by atoms with Gasteiger partial charge >= 0.3 is 0 Å². The lowest BCUT2D eigenvalue weighted by Crippen LogP contribution is -2.12. The number of carbonyl (C=O) groups excluding carboxylic acids is 1. The second-order valence-corrected chi connectivity index (χ2v) is 7.07. The third-order valence-electron chi connectivity index (χ3n) is 4.23. The number of rotatable bonds is 6. The fraction of sp³-hybridized carbons (Fsp3) is 0.0476. The molecule has 0 fully saturated rings. The van der Waals surface area contributed by atoms with Crippen LogP contribution in [0.3, 0.4) is 0 Å². The van der Waals surface area contributed by atoms with Crippen LogP contribution in [0.2, 0.25) is 0 Å². The zero-order chi connectivity index (χ0) is 20.9. The molecule has 0 unspecified atom stereocenters. The largest absolute Gasteiger partial charge is 0.497 e. The van der Waals surface area contributed by atoms with Crippen LogP contribution < -0.4 is 15.4 Å². The minimum atomic E-state index is -0.235. The molecule has 4 aromatic rings. The van der Waals surface area contributed by atoms with Gasteiger partial charge in [0, 0.05) is 34.3 Å². The average Bonchev–Trinajstić information content (AvgIpc) is 3.31. The van der Waals surface area contributed by atoms with Crippen molar-refractivity contribution in [3.8, 4) is 11.6 Å². The second kappa shape index (κ2) is 8.75. The third-order valence-corrected chi connectivity index (χ3v) is 4.92. The molecular formula is C21H17BrN6O2. The van der Waals surface area contributed by atoms with Crippen LogP contribution in [0.4, 0.5) is 17.2 Å². The molecule has 9 heteroatoms. The van der Waals surface area contributed by atoms with E-state index in [2.05, 4.69) is 41.6 Å². The smallest absolute Gasteiger partial charge is 0.256 e. The van der Waals surface area contributed by atoms with Gasteiger partial charge in [0.05, 0.1) is 12.7 Å². The number of hydrogen-bond donors (Lipinski definition) is 2. The topological polar surface area (TPSA) is 94.0 Å². The van der Waals surface area contributed by atoms with Crippen molar-refractivity contribution in [3.63, 3.8) is 0 Å². The first-order valence-corrected chi connectivity index (χ1v) is 9.76. The van der Waals surface area contributed by atoms with Crippen LogP contribution in [0.5, 0.6) is 5.75 Å². The molecule has 0 aliphatic rings. The van der Waals surface area contributed by atoms with Gasteiger partial charge in [-0.05, 0) is 64.5 Å². The molecule has 2 aromatic carbocycles. The maximum atomic E-state index is 12.6. The van der Waals surface area contributed by atoms with E-state index >= 15 is 0 Å². The molecule has 2 N–H and O–H groups in total. The monoisotopic (exact) mass is 464 g/mol. The van der Waals surface area contributed by atoms with E-state index in [1.54, 1.807) is 42.3 Å². The van der Waals surface area contributed by atoms with E-state index in [1.165, 1.54) is 6.33 Å². The van der Waals surface area contributed by atoms with E-state index in [4.69, 9.17) is 4.74 Å². The standard InChI is InChI=1S/C21H17BrN6O2/c1-30-16-7-8-18(22)17(11-16)21(29)27-15-5-3-14(4-6-15)26-19-12-20(24-13-23-19)28-10-2-9-25-28/h2-13H,1H3,(H,27,29)(H,23,24,26). The van der Waals surface area contributed by atoms with Gasteiger partial charge in [-0.3, -0.25) is 4.79 Å². The summed E-state index contributed by atoms with van der Waals surface area (Å²) in [5, 5.41) is 10.3. The van der Waals surface area contributed by atoms with Crippen LogP contribution in [0, 0.1) is 0 Å². The van der Waals surface area contributed by atoms with Gasteiger partial charge in [-0.2, -0.15) is 5.10 Å². The molecule has 0 saturated carbocycles. The summed E-state index contributed by atoms with van der Waals surface area (Å²) in [6.07, 6.45) is 4.97. The summed E-state index contributed by atoms with van der Waals surface area (Å²) in [4.78, 5) is 21.0. The predicted molar refractivity (Wildman–Crippen MR) is 118 cm³/mol. The Balaban J connectivity index is 1.45. The fourth-order valence-corrected chi connectivity index (χ4v) is 3.16. The van der Waals surface area contributed by atoms with Crippen molar-refractivity contribution in [2.24, 2.45) is 0 Å². The number of nitrogens with zero attached hydrogens (tertiary/aromatic N) is 4. The highest BCUT2D eigenvalue weighted by Gasteiger charge is 2.12. The van der Waals surface area contributed by atoms with Gasteiger partial charge < -0.3 is 15.4 Å². The molecule has 4 rings (SSSR count). The number of benzene rings is 2. The van der Waals surface area contributed by atoms with E-state index in [0.717, 1.165) is 5.69 Å². The number of amides is 1. The summed E-state index contributed by atoms with van der Waals surface area (Å²) in [5.41, 5.74) is 1.98. The Morgan fingerprint density at radius 2 is 1.87 bits per heavy atom. The molecule has 0 spiro atoms. The predicted octanol–water partition coefficient (Wildman–Crippen LogP) is 4.43. The Morgan fingerprint density at radius 3 is 2.60 bits per heavy atom. The number of nitrogens with one attached hydrogen (secondary N) is 2. The molecule has 0 saturated heterocycles. The lowest BCUT2D eigenvalue weighted by molar-refractivity contribution is 0.102. The quantitative estimate of drug-likeness (QED) is 0.438. The highest BCUT2D eigenvalue weighted by atomic mass is 79.9. The van der Waals surface area contributed by atoms with Crippen LogP contribution in [0.1, 0.15) is 10.4 Å². The second-order valence-electron chi connectivity index (χ2n) is 6.21. The Bertz CT molecular complexity index is 1160. The SMILES string of the molecule is COc1ccc(Br)c(C(=O)Nc2ccc(Nc3cc(-n4cccn4)ncn3)cc2)c1. The van der Waals surface area contributed by atoms with Gasteiger partial charge in [0.1, 0.15) is 17.9 Å². The molecule has 150 valence electrons. The first kappa shape index (κ1) is 19.6. The van der Waals surface area contributed by atoms with E-state index in [-0.39, 0.29) is 5.91 Å². The number of hydrogen-bond acceptors (Lipinski definition) is 6. The summed E-state index contributed by atoms with van der Waals surface area (Å²) in [6.45, 7) is 0. The average molecular weight is 465 g/mol. The van der Waals surface area contributed by atoms with E-state index in [1.807, 2.05) is 36.5 Å². The van der Waals surface area contributed by atoms with Crippen molar-refractivity contribution in [1.82, 2.24) is 19.7 Å². The molecule has 0 atom stereocenters. The van der Waals surface area contributed by atoms with Gasteiger partial charge in [0.15, 0.2) is 5.82 Å². The van der Waals surface area contributed by atoms with Crippen LogP contribution in [0.15, 0.2) is 77.8 Å². The molecule has 0 aliphatic carbocycles. The number of aromatic nitrogens is 4. The summed E-state index contributed by atoms with van der Waals surface area (Å²) in [6, 6.07) is 16.2. The molecule has 2 heterocycles. The van der Waals surface area contributed by atoms with Gasteiger partial charge in [0.2, 0.25) is 0 Å². The Kier molecular flexibility index (Phi) is 5.71. The first-order valence-electron chi connectivity index (χ1n) is 8.96. The summed E-state index contributed by atoms with van der Waals surface area (Å²) in [7, 11) is 1.56. The maximum absolute atomic E-state index is 12.6. The van der Waals surface area contributed by atoms with Crippen molar-refractivity contribution in [2.45, 2.75) is 0 Å². The Labute approximate surface area is 181 Å². The first-order chi connectivity index (χ1) is 14.6. The molecule has 0 radical (unpaired) electrons. The molecule has 0 bridgehead atoms. The zero-order valence-corrected chi connectivity index (χ0v) is 17.5. The fourth-order valence-electron chi connectivity index (χ4n) is 2.73. The lowest BCUT2D eigenvalue weighted by atomic mass is 10.2. The number of anilines is 3. The van der Waals surface area contributed by atoms with E-state index < -0.39 is 0 Å². The van der Waals surface area contributed by atoms with Crippen LogP contribution in [-0.4, -0.2) is 32.8 Å². The Hall–Kier alpha value is -3.72. The molecule has 1 amide bonds. The van der Waals surface area contributed by atoms with Gasteiger partial charge in [-0.1, -0.05) is 0 Å². The summed E-state index contributed by atoms with van der Waals surface area (Å²) >= 11 is 3.40. The maximum Gasteiger partial charge on any atom is 0.256 e. The lowest BCUT2D eigenvalue weighted by Gasteiger charge is -2.10. The summed E-state index contributed by atoms with van der Waals surface area (Å²) in [5.74, 6) is 1.67. The van der Waals surface area contributed by atoms with Crippen molar-refractivity contribution in [3.05, 3.63) is 83.4 Å². The highest BCUT2D eigenvalue weighted by molar-refractivity contribution is 9.10. The van der Waals surface area contributed by atoms with Crippen LogP contribution in [-0.2, 0) is 0 Å². The van der Waals surface area contributed by atoms with Crippen molar-refractivity contribution in [1.29, 1.82) is 0 Å². The molecule has 2 aromatic heterocycles. The van der Waals surface area contributed by atoms with Gasteiger partial charge in [0.25, 0.3) is 5.91 Å². The number of methoxy groups -OCH3 is 1. The van der Waals surface area contributed by atoms with Crippen molar-refractivity contribution >= 4 is 39.0 Å². The highest BCUT2D eigenvalue weighted by Crippen LogP contribution is 2.24. The van der Waals surface area contributed by atoms with Crippen molar-refractivity contribution < 1.29 is 9.53 Å². The van der Waals surface area contributed by atoms with Crippen molar-refractivity contribution in [2.75, 3.05) is 17.7 Å². The zero-order valence-electron chi connectivity index (χ0n) is 15.9. The number of carbonyl (C=O) groups is 1. The molecule has 30 heavy (non-hydrogen) atoms. The van der Waals surface area contributed by atoms with Crippen LogP contribution >= 0.6 is 15.9 Å². The Morgan fingerprint density at radius 1 is 1.07 bits per heavy atom. The minimum absolute atomic E-state index is 0.235. The number of ether oxygens (including phenoxy) is 1. The third kappa shape index (κ3) is 4.47. The minimum Gasteiger partial charge on any atom is -0.497 e. The molecular weight excluding hydrogens is 448 g/mol. The van der Waals surface area contributed by atoms with Crippen LogP contribution in [0.25, 0.3) is 5.82 Å². The number of halogens is 1. The normalized spacial score (nSPS) is 10.5. The molecule has 0 aliphatic heterocycles. The van der Waals surface area contributed by atoms with Gasteiger partial charge in [-0.15, -0.1) is 0 Å². The van der Waals surface area contributed by atoms with Gasteiger partial charge in [-0.25, -0.2) is 14.6 Å².